The van der Waals surface area contributed by atoms with Crippen molar-refractivity contribution in [3.05, 3.63) is 83.1 Å². The first-order chi connectivity index (χ1) is 12.4. The Kier molecular flexibility index (Phi) is 3.66. The second-order valence-corrected chi connectivity index (χ2v) is 7.34. The second-order valence-electron chi connectivity index (χ2n) is 7.34. The van der Waals surface area contributed by atoms with Crippen LogP contribution >= 0.6 is 0 Å². The molecule has 0 fully saturated rings. The summed E-state index contributed by atoms with van der Waals surface area (Å²) in [4.78, 5) is 4.74. The van der Waals surface area contributed by atoms with Gasteiger partial charge in [-0.05, 0) is 78.0 Å². The highest BCUT2D eigenvalue weighted by Crippen LogP contribution is 2.42. The molecule has 0 N–H and O–H groups in total. The van der Waals surface area contributed by atoms with Crippen LogP contribution in [0.1, 0.15) is 47.4 Å². The Morgan fingerprint density at radius 2 is 1.80 bits per heavy atom. The number of hydrogen-bond acceptors (Lipinski definition) is 1. The van der Waals surface area contributed by atoms with Gasteiger partial charge in [0.15, 0.2) is 0 Å². The van der Waals surface area contributed by atoms with E-state index in [4.69, 9.17) is 4.99 Å². The molecule has 1 atom stereocenters. The van der Waals surface area contributed by atoms with Gasteiger partial charge in [0.1, 0.15) is 0 Å². The van der Waals surface area contributed by atoms with E-state index >= 15 is 0 Å². The van der Waals surface area contributed by atoms with Crippen molar-refractivity contribution in [2.24, 2.45) is 4.99 Å². The molecule has 0 saturated heterocycles. The van der Waals surface area contributed by atoms with Crippen LogP contribution in [0.2, 0.25) is 0 Å². The fourth-order valence-electron chi connectivity index (χ4n) is 4.79. The molecule has 1 heteroatoms. The number of aliphatic imine (C=N–C) groups is 1. The van der Waals surface area contributed by atoms with Gasteiger partial charge in [-0.3, -0.25) is 4.99 Å². The number of fused-ring (bicyclic) bond motifs is 5. The molecule has 124 valence electrons. The van der Waals surface area contributed by atoms with Crippen molar-refractivity contribution >= 4 is 5.71 Å². The first-order valence-electron chi connectivity index (χ1n) is 9.54. The minimum Gasteiger partial charge on any atom is -0.261 e. The van der Waals surface area contributed by atoms with Gasteiger partial charge in [0.2, 0.25) is 0 Å². The van der Waals surface area contributed by atoms with E-state index in [-0.39, 0.29) is 0 Å². The van der Waals surface area contributed by atoms with Gasteiger partial charge in [-0.15, -0.1) is 0 Å². The van der Waals surface area contributed by atoms with Crippen LogP contribution in [0, 0.1) is 0 Å². The van der Waals surface area contributed by atoms with Crippen LogP contribution in [-0.4, -0.2) is 5.71 Å². The Balaban J connectivity index is 1.64. The summed E-state index contributed by atoms with van der Waals surface area (Å²) in [6.07, 6.45) is 15.7. The Bertz CT molecular complexity index is 914. The zero-order valence-electron chi connectivity index (χ0n) is 14.5. The SMILES string of the molecule is C1=CN=C(C2CCCc3c2ccc2c3CCc3ccccc3-2)C=CC1. The highest BCUT2D eigenvalue weighted by Gasteiger charge is 2.28. The molecule has 0 spiro atoms. The average molecular weight is 325 g/mol. The van der Waals surface area contributed by atoms with E-state index in [1.54, 1.807) is 11.1 Å². The minimum atomic E-state index is 0.463. The summed E-state index contributed by atoms with van der Waals surface area (Å²) in [5, 5.41) is 0. The first kappa shape index (κ1) is 14.9. The van der Waals surface area contributed by atoms with Gasteiger partial charge in [0, 0.05) is 17.8 Å². The number of benzene rings is 2. The van der Waals surface area contributed by atoms with Crippen molar-refractivity contribution in [3.63, 3.8) is 0 Å². The van der Waals surface area contributed by atoms with Gasteiger partial charge in [0.25, 0.3) is 0 Å². The Labute approximate surface area is 149 Å². The quantitative estimate of drug-likeness (QED) is 0.629. The topological polar surface area (TPSA) is 12.4 Å². The van der Waals surface area contributed by atoms with Crippen LogP contribution in [0.25, 0.3) is 11.1 Å². The second kappa shape index (κ2) is 6.15. The van der Waals surface area contributed by atoms with Gasteiger partial charge < -0.3 is 0 Å². The van der Waals surface area contributed by atoms with Crippen molar-refractivity contribution in [3.8, 4) is 11.1 Å². The molecule has 1 aliphatic heterocycles. The summed E-state index contributed by atoms with van der Waals surface area (Å²) < 4.78 is 0. The Hall–Kier alpha value is -2.41. The Morgan fingerprint density at radius 1 is 0.840 bits per heavy atom. The number of allylic oxidation sites excluding steroid dienone is 3. The first-order valence-corrected chi connectivity index (χ1v) is 9.54. The van der Waals surface area contributed by atoms with Crippen LogP contribution in [-0.2, 0) is 19.3 Å². The lowest BCUT2D eigenvalue weighted by atomic mass is 9.73. The third-order valence-electron chi connectivity index (χ3n) is 5.96. The van der Waals surface area contributed by atoms with E-state index in [2.05, 4.69) is 54.6 Å². The molecule has 3 aliphatic rings. The molecule has 1 heterocycles. The monoisotopic (exact) mass is 325 g/mol. The van der Waals surface area contributed by atoms with Crippen molar-refractivity contribution in [2.45, 2.75) is 44.4 Å². The molecule has 25 heavy (non-hydrogen) atoms. The smallest absolute Gasteiger partial charge is 0.0475 e. The lowest BCUT2D eigenvalue weighted by Gasteiger charge is -2.31. The van der Waals surface area contributed by atoms with Gasteiger partial charge in [-0.2, -0.15) is 0 Å². The average Bonchev–Trinajstić information content (AvgIpc) is 2.96. The molecule has 0 radical (unpaired) electrons. The number of nitrogens with zero attached hydrogens (tertiary/aromatic N) is 1. The standard InChI is InChI=1S/C24H23N/c1-2-11-24(25-16-5-1)23-10-6-9-19-21-13-12-17-7-3-4-8-18(17)20(21)14-15-22(19)23/h2-5,7-8,11,14-16,23H,1,6,9-10,12-13H2. The normalized spacial score (nSPS) is 21.0. The maximum absolute atomic E-state index is 4.74. The number of aryl methyl sites for hydroxylation is 1. The van der Waals surface area contributed by atoms with Gasteiger partial charge in [-0.25, -0.2) is 0 Å². The van der Waals surface area contributed by atoms with E-state index in [0.29, 0.717) is 5.92 Å². The molecule has 0 amide bonds. The molecule has 0 bridgehead atoms. The third-order valence-corrected chi connectivity index (χ3v) is 5.96. The predicted molar refractivity (Wildman–Crippen MR) is 105 cm³/mol. The van der Waals surface area contributed by atoms with Crippen molar-refractivity contribution in [1.82, 2.24) is 0 Å². The summed E-state index contributed by atoms with van der Waals surface area (Å²) in [6, 6.07) is 13.7. The van der Waals surface area contributed by atoms with Crippen molar-refractivity contribution < 1.29 is 0 Å². The van der Waals surface area contributed by atoms with Gasteiger partial charge in [-0.1, -0.05) is 48.6 Å². The van der Waals surface area contributed by atoms with Crippen molar-refractivity contribution in [2.75, 3.05) is 0 Å². The third kappa shape index (κ3) is 2.50. The number of hydrogen-bond donors (Lipinski definition) is 0. The molecule has 2 aromatic rings. The number of rotatable bonds is 1. The summed E-state index contributed by atoms with van der Waals surface area (Å²) in [5.74, 6) is 0.463. The zero-order valence-corrected chi connectivity index (χ0v) is 14.5. The van der Waals surface area contributed by atoms with Crippen LogP contribution < -0.4 is 0 Å². The summed E-state index contributed by atoms with van der Waals surface area (Å²) in [5.41, 5.74) is 10.4. The zero-order chi connectivity index (χ0) is 16.6. The van der Waals surface area contributed by atoms with Crippen molar-refractivity contribution in [1.29, 1.82) is 0 Å². The maximum atomic E-state index is 4.74. The molecular weight excluding hydrogens is 302 g/mol. The highest BCUT2D eigenvalue weighted by atomic mass is 14.7. The maximum Gasteiger partial charge on any atom is 0.0475 e. The molecule has 0 saturated carbocycles. The lowest BCUT2D eigenvalue weighted by Crippen LogP contribution is -2.20. The predicted octanol–water partition coefficient (Wildman–Crippen LogP) is 5.79. The Morgan fingerprint density at radius 3 is 2.80 bits per heavy atom. The van der Waals surface area contributed by atoms with E-state index < -0.39 is 0 Å². The van der Waals surface area contributed by atoms with Crippen LogP contribution in [0.15, 0.2) is 65.8 Å². The molecule has 0 aromatic heterocycles. The molecule has 2 aromatic carbocycles. The fraction of sp³-hybridized carbons (Fsp3) is 0.292. The molecule has 2 aliphatic carbocycles. The summed E-state index contributed by atoms with van der Waals surface area (Å²) >= 11 is 0. The summed E-state index contributed by atoms with van der Waals surface area (Å²) in [6.45, 7) is 0. The van der Waals surface area contributed by atoms with Crippen LogP contribution in [0.3, 0.4) is 0 Å². The summed E-state index contributed by atoms with van der Waals surface area (Å²) in [7, 11) is 0. The molecule has 1 nitrogen and oxygen atoms in total. The molecular formula is C24H23N. The van der Waals surface area contributed by atoms with Gasteiger partial charge >= 0.3 is 0 Å². The van der Waals surface area contributed by atoms with Gasteiger partial charge in [0.05, 0.1) is 0 Å². The largest absolute Gasteiger partial charge is 0.261 e. The molecule has 1 unspecified atom stereocenters. The fourth-order valence-corrected chi connectivity index (χ4v) is 4.79. The van der Waals surface area contributed by atoms with E-state index in [1.807, 2.05) is 6.20 Å². The van der Waals surface area contributed by atoms with Crippen LogP contribution in [0.4, 0.5) is 0 Å². The van der Waals surface area contributed by atoms with E-state index in [9.17, 15) is 0 Å². The highest BCUT2D eigenvalue weighted by molar-refractivity contribution is 6.01. The molecule has 5 rings (SSSR count). The van der Waals surface area contributed by atoms with E-state index in [0.717, 1.165) is 6.42 Å². The van der Waals surface area contributed by atoms with Crippen LogP contribution in [0.5, 0.6) is 0 Å². The van der Waals surface area contributed by atoms with E-state index in [1.165, 1.54) is 60.1 Å². The minimum absolute atomic E-state index is 0.463. The lowest BCUT2D eigenvalue weighted by molar-refractivity contribution is 0.643.